The van der Waals surface area contributed by atoms with Gasteiger partial charge in [0, 0.05) is 11.4 Å². The second-order valence-electron chi connectivity index (χ2n) is 6.27. The summed E-state index contributed by atoms with van der Waals surface area (Å²) in [5.41, 5.74) is 3.58. The molecule has 1 heterocycles. The van der Waals surface area contributed by atoms with Gasteiger partial charge in [-0.3, -0.25) is 9.59 Å². The molecule has 3 aromatic rings. The van der Waals surface area contributed by atoms with Crippen LogP contribution in [0, 0.1) is 13.8 Å². The van der Waals surface area contributed by atoms with E-state index in [0.717, 1.165) is 32.2 Å². The Kier molecular flexibility index (Phi) is 6.13. The van der Waals surface area contributed by atoms with Gasteiger partial charge in [0.2, 0.25) is 11.8 Å². The molecule has 0 bridgehead atoms. The maximum atomic E-state index is 12.4. The van der Waals surface area contributed by atoms with Gasteiger partial charge in [-0.1, -0.05) is 17.7 Å². The van der Waals surface area contributed by atoms with Crippen LogP contribution in [0.4, 0.5) is 11.4 Å². The highest BCUT2D eigenvalue weighted by Gasteiger charge is 2.16. The van der Waals surface area contributed by atoms with E-state index < -0.39 is 0 Å². The highest BCUT2D eigenvalue weighted by molar-refractivity contribution is 8.01. The Hall–Kier alpha value is -2.38. The topological polar surface area (TPSA) is 71.1 Å². The summed E-state index contributed by atoms with van der Waals surface area (Å²) in [5.74, 6) is -0.0241. The van der Waals surface area contributed by atoms with E-state index in [1.54, 1.807) is 18.3 Å². The van der Waals surface area contributed by atoms with Crippen molar-refractivity contribution in [2.75, 3.05) is 16.4 Å². The summed E-state index contributed by atoms with van der Waals surface area (Å²) in [5, 5.41) is 6.41. The van der Waals surface area contributed by atoms with Crippen molar-refractivity contribution >= 4 is 56.5 Å². The minimum absolute atomic E-state index is 0.120. The van der Waals surface area contributed by atoms with Crippen LogP contribution in [0.25, 0.3) is 10.2 Å². The smallest absolute Gasteiger partial charge is 0.237 e. The molecule has 7 heteroatoms. The number of hydrogen-bond donors (Lipinski definition) is 2. The van der Waals surface area contributed by atoms with Crippen molar-refractivity contribution < 1.29 is 9.59 Å². The van der Waals surface area contributed by atoms with Crippen LogP contribution in [-0.4, -0.2) is 27.8 Å². The van der Waals surface area contributed by atoms with E-state index in [2.05, 4.69) is 15.6 Å². The molecule has 2 amide bonds. The van der Waals surface area contributed by atoms with Crippen LogP contribution >= 0.6 is 23.1 Å². The van der Waals surface area contributed by atoms with Crippen LogP contribution in [0.1, 0.15) is 17.5 Å². The van der Waals surface area contributed by atoms with Crippen LogP contribution in [0.2, 0.25) is 0 Å². The number of benzene rings is 2. The summed E-state index contributed by atoms with van der Waals surface area (Å²) in [6, 6.07) is 13.3. The van der Waals surface area contributed by atoms with E-state index >= 15 is 0 Å². The molecule has 0 aliphatic heterocycles. The summed E-state index contributed by atoms with van der Waals surface area (Å²) in [6.45, 7) is 5.76. The maximum Gasteiger partial charge on any atom is 0.237 e. The minimum Gasteiger partial charge on any atom is -0.325 e. The second kappa shape index (κ2) is 8.54. The molecule has 0 saturated carbocycles. The molecule has 2 N–H and O–H groups in total. The lowest BCUT2D eigenvalue weighted by molar-refractivity contribution is -0.115. The van der Waals surface area contributed by atoms with E-state index in [1.165, 1.54) is 11.8 Å². The average Bonchev–Trinajstić information content (AvgIpc) is 3.01. The second-order valence-corrected chi connectivity index (χ2v) is 8.84. The minimum atomic E-state index is -0.340. The van der Waals surface area contributed by atoms with Crippen LogP contribution < -0.4 is 10.6 Å². The zero-order chi connectivity index (χ0) is 19.4. The zero-order valence-corrected chi connectivity index (χ0v) is 17.0. The van der Waals surface area contributed by atoms with Crippen molar-refractivity contribution in [1.82, 2.24) is 4.98 Å². The summed E-state index contributed by atoms with van der Waals surface area (Å²) in [6.07, 6.45) is 0. The normalized spacial score (nSPS) is 12.0. The van der Waals surface area contributed by atoms with Gasteiger partial charge < -0.3 is 10.6 Å². The lowest BCUT2D eigenvalue weighted by atomic mass is 10.2. The van der Waals surface area contributed by atoms with E-state index in [0.29, 0.717) is 0 Å². The van der Waals surface area contributed by atoms with Gasteiger partial charge in [-0.2, -0.15) is 0 Å². The Bertz CT molecular complexity index is 967. The van der Waals surface area contributed by atoms with Crippen molar-refractivity contribution in [1.29, 1.82) is 0 Å². The highest BCUT2D eigenvalue weighted by Crippen LogP contribution is 2.25. The molecule has 0 aliphatic rings. The van der Waals surface area contributed by atoms with Crippen molar-refractivity contribution in [3.8, 4) is 0 Å². The molecule has 0 spiro atoms. The number of rotatable bonds is 6. The summed E-state index contributed by atoms with van der Waals surface area (Å²) in [7, 11) is 0. The number of carbonyl (C=O) groups excluding carboxylic acids is 2. The van der Waals surface area contributed by atoms with E-state index in [1.807, 2.05) is 56.3 Å². The molecule has 1 aromatic heterocycles. The predicted octanol–water partition coefficient (Wildman–Crippen LogP) is 4.61. The Balaban J connectivity index is 1.50. The maximum absolute atomic E-state index is 12.4. The lowest BCUT2D eigenvalue weighted by Crippen LogP contribution is -2.25. The van der Waals surface area contributed by atoms with Crippen molar-refractivity contribution in [2.45, 2.75) is 26.0 Å². The number of nitrogens with one attached hydrogen (secondary N) is 2. The number of amides is 2. The number of aryl methyl sites for hydroxylation is 2. The van der Waals surface area contributed by atoms with Crippen LogP contribution in [0.3, 0.4) is 0 Å². The van der Waals surface area contributed by atoms with Gasteiger partial charge >= 0.3 is 0 Å². The number of thiazole rings is 1. The molecular weight excluding hydrogens is 378 g/mol. The summed E-state index contributed by atoms with van der Waals surface area (Å²) in [4.78, 5) is 28.9. The van der Waals surface area contributed by atoms with E-state index in [-0.39, 0.29) is 22.8 Å². The van der Waals surface area contributed by atoms with Crippen molar-refractivity contribution in [2.24, 2.45) is 0 Å². The molecule has 0 radical (unpaired) electrons. The number of carbonyl (C=O) groups is 2. The van der Waals surface area contributed by atoms with Crippen LogP contribution in [0.5, 0.6) is 0 Å². The Morgan fingerprint density at radius 3 is 2.52 bits per heavy atom. The zero-order valence-electron chi connectivity index (χ0n) is 15.4. The first-order valence-electron chi connectivity index (χ1n) is 8.57. The molecule has 3 rings (SSSR count). The summed E-state index contributed by atoms with van der Waals surface area (Å²) >= 11 is 2.91. The average molecular weight is 400 g/mol. The molecule has 0 unspecified atom stereocenters. The van der Waals surface area contributed by atoms with Crippen molar-refractivity contribution in [3.05, 3.63) is 53.0 Å². The third-order valence-corrected chi connectivity index (χ3v) is 6.01. The molecular formula is C20H21N3O2S2. The molecule has 2 aromatic carbocycles. The Morgan fingerprint density at radius 2 is 1.78 bits per heavy atom. The SMILES string of the molecule is Cc1ccc(NC(=O)CS[C@@H](C)C(=O)Nc2ccc3nc(C)sc3c2)cc1. The van der Waals surface area contributed by atoms with Crippen LogP contribution in [-0.2, 0) is 9.59 Å². The van der Waals surface area contributed by atoms with Gasteiger partial charge in [-0.25, -0.2) is 4.98 Å². The first-order valence-corrected chi connectivity index (χ1v) is 10.4. The molecule has 5 nitrogen and oxygen atoms in total. The number of aromatic nitrogens is 1. The molecule has 140 valence electrons. The molecule has 27 heavy (non-hydrogen) atoms. The van der Waals surface area contributed by atoms with Gasteiger partial charge in [-0.15, -0.1) is 23.1 Å². The number of nitrogens with zero attached hydrogens (tertiary/aromatic N) is 1. The number of hydrogen-bond acceptors (Lipinski definition) is 5. The number of anilines is 2. The first-order chi connectivity index (χ1) is 12.9. The fourth-order valence-electron chi connectivity index (χ4n) is 2.47. The fraction of sp³-hybridized carbons (Fsp3) is 0.250. The monoisotopic (exact) mass is 399 g/mol. The Morgan fingerprint density at radius 1 is 1.07 bits per heavy atom. The van der Waals surface area contributed by atoms with Gasteiger partial charge in [0.15, 0.2) is 0 Å². The van der Waals surface area contributed by atoms with Gasteiger partial charge in [0.1, 0.15) is 0 Å². The Labute approximate surface area is 166 Å². The molecule has 0 saturated heterocycles. The highest BCUT2D eigenvalue weighted by atomic mass is 32.2. The van der Waals surface area contributed by atoms with Gasteiger partial charge in [0.05, 0.1) is 26.2 Å². The molecule has 1 atom stereocenters. The third kappa shape index (κ3) is 5.30. The first kappa shape index (κ1) is 19.4. The van der Waals surface area contributed by atoms with E-state index in [4.69, 9.17) is 0 Å². The largest absolute Gasteiger partial charge is 0.325 e. The standard InChI is InChI=1S/C20H21N3O2S2/c1-12-4-6-15(7-5-12)22-19(24)11-26-13(2)20(25)23-16-8-9-17-18(10-16)27-14(3)21-17/h4-10,13H,11H2,1-3H3,(H,22,24)(H,23,25)/t13-/m0/s1. The predicted molar refractivity (Wildman–Crippen MR) is 115 cm³/mol. The van der Waals surface area contributed by atoms with Gasteiger partial charge in [0.25, 0.3) is 0 Å². The fourth-order valence-corrected chi connectivity index (χ4v) is 4.02. The number of fused-ring (bicyclic) bond motifs is 1. The van der Waals surface area contributed by atoms with Crippen molar-refractivity contribution in [3.63, 3.8) is 0 Å². The van der Waals surface area contributed by atoms with Crippen LogP contribution in [0.15, 0.2) is 42.5 Å². The summed E-state index contributed by atoms with van der Waals surface area (Å²) < 4.78 is 1.04. The molecule has 0 aliphatic carbocycles. The van der Waals surface area contributed by atoms with Gasteiger partial charge in [-0.05, 0) is 51.1 Å². The lowest BCUT2D eigenvalue weighted by Gasteiger charge is -2.12. The number of thioether (sulfide) groups is 1. The quantitative estimate of drug-likeness (QED) is 0.635. The third-order valence-electron chi connectivity index (χ3n) is 3.93. The molecule has 0 fully saturated rings. The van der Waals surface area contributed by atoms with E-state index in [9.17, 15) is 9.59 Å².